The van der Waals surface area contributed by atoms with Crippen molar-refractivity contribution in [3.63, 3.8) is 0 Å². The van der Waals surface area contributed by atoms with E-state index in [1.165, 1.54) is 0 Å². The number of nitrogens with one attached hydrogen (secondary N) is 1. The molecule has 2 rings (SSSR count). The smallest absolute Gasteiger partial charge is 0.258 e. The predicted molar refractivity (Wildman–Crippen MR) is 74.6 cm³/mol. The minimum Gasteiger partial charge on any atom is -0.398 e. The van der Waals surface area contributed by atoms with Crippen LogP contribution in [0.15, 0.2) is 30.3 Å². The maximum absolute atomic E-state index is 13.5. The molecule has 0 aliphatic rings. The second kappa shape index (κ2) is 5.28. The van der Waals surface area contributed by atoms with Gasteiger partial charge in [0, 0.05) is 11.4 Å². The van der Waals surface area contributed by atoms with Crippen LogP contribution in [-0.4, -0.2) is 5.91 Å². The Morgan fingerprint density at radius 3 is 2.50 bits per heavy atom. The Labute approximate surface area is 115 Å². The number of halogens is 2. The van der Waals surface area contributed by atoms with Crippen molar-refractivity contribution >= 4 is 17.3 Å². The van der Waals surface area contributed by atoms with Crippen LogP contribution in [0.4, 0.5) is 20.2 Å². The van der Waals surface area contributed by atoms with E-state index in [9.17, 15) is 13.6 Å². The summed E-state index contributed by atoms with van der Waals surface area (Å²) in [5, 5.41) is 2.54. The van der Waals surface area contributed by atoms with Crippen LogP contribution < -0.4 is 11.1 Å². The summed E-state index contributed by atoms with van der Waals surface area (Å²) in [5.41, 5.74) is 8.10. The second-order valence-corrected chi connectivity index (χ2v) is 4.60. The number of nitrogens with two attached hydrogens (primary N) is 1. The molecule has 5 heteroatoms. The van der Waals surface area contributed by atoms with Crippen molar-refractivity contribution < 1.29 is 13.6 Å². The van der Waals surface area contributed by atoms with Gasteiger partial charge in [0.15, 0.2) is 0 Å². The topological polar surface area (TPSA) is 55.1 Å². The maximum Gasteiger partial charge on any atom is 0.258 e. The number of hydrogen-bond donors (Lipinski definition) is 2. The van der Waals surface area contributed by atoms with Gasteiger partial charge in [0.2, 0.25) is 0 Å². The second-order valence-electron chi connectivity index (χ2n) is 4.60. The first kappa shape index (κ1) is 14.0. The van der Waals surface area contributed by atoms with Gasteiger partial charge in [0.25, 0.3) is 5.91 Å². The number of rotatable bonds is 2. The standard InChI is InChI=1S/C15H14F2N2O/c1-8-5-9(2)14(7-13(8)18)19-15(20)11-6-10(16)3-4-12(11)17/h3-7H,18H2,1-2H3,(H,19,20). The largest absolute Gasteiger partial charge is 0.398 e. The average molecular weight is 276 g/mol. The lowest BCUT2D eigenvalue weighted by atomic mass is 10.1. The third-order valence-corrected chi connectivity index (χ3v) is 3.03. The molecule has 0 aliphatic carbocycles. The first-order valence-electron chi connectivity index (χ1n) is 6.01. The summed E-state index contributed by atoms with van der Waals surface area (Å²) in [7, 11) is 0. The molecule has 0 radical (unpaired) electrons. The molecule has 1 amide bonds. The zero-order valence-corrected chi connectivity index (χ0v) is 11.1. The Morgan fingerprint density at radius 2 is 1.80 bits per heavy atom. The van der Waals surface area contributed by atoms with Crippen molar-refractivity contribution in [1.82, 2.24) is 0 Å². The third kappa shape index (κ3) is 2.77. The Hall–Kier alpha value is -2.43. The van der Waals surface area contributed by atoms with E-state index in [4.69, 9.17) is 5.73 Å². The zero-order chi connectivity index (χ0) is 14.9. The summed E-state index contributed by atoms with van der Waals surface area (Å²) in [6.07, 6.45) is 0. The molecule has 20 heavy (non-hydrogen) atoms. The number of benzene rings is 2. The molecule has 0 spiro atoms. The zero-order valence-electron chi connectivity index (χ0n) is 11.1. The minimum atomic E-state index is -0.776. The number of carbonyl (C=O) groups is 1. The van der Waals surface area contributed by atoms with Gasteiger partial charge in [-0.05, 0) is 49.2 Å². The first-order valence-corrected chi connectivity index (χ1v) is 6.01. The molecule has 0 heterocycles. The molecule has 0 saturated heterocycles. The van der Waals surface area contributed by atoms with Gasteiger partial charge < -0.3 is 11.1 Å². The van der Waals surface area contributed by atoms with Gasteiger partial charge in [-0.25, -0.2) is 8.78 Å². The number of hydrogen-bond acceptors (Lipinski definition) is 2. The average Bonchev–Trinajstić information content (AvgIpc) is 2.38. The van der Waals surface area contributed by atoms with Crippen LogP contribution in [0.3, 0.4) is 0 Å². The molecule has 0 unspecified atom stereocenters. The summed E-state index contributed by atoms with van der Waals surface area (Å²) < 4.78 is 26.6. The third-order valence-electron chi connectivity index (χ3n) is 3.03. The monoisotopic (exact) mass is 276 g/mol. The molecule has 0 aliphatic heterocycles. The maximum atomic E-state index is 13.5. The van der Waals surface area contributed by atoms with Crippen LogP contribution in [0, 0.1) is 25.5 Å². The molecular formula is C15H14F2N2O. The normalized spacial score (nSPS) is 10.4. The molecule has 0 bridgehead atoms. The van der Waals surface area contributed by atoms with Gasteiger partial charge in [-0.15, -0.1) is 0 Å². The quantitative estimate of drug-likeness (QED) is 0.826. The molecule has 3 nitrogen and oxygen atoms in total. The molecule has 0 saturated carbocycles. The Kier molecular flexibility index (Phi) is 3.70. The fourth-order valence-corrected chi connectivity index (χ4v) is 1.86. The molecule has 0 aromatic heterocycles. The highest BCUT2D eigenvalue weighted by molar-refractivity contribution is 6.05. The van der Waals surface area contributed by atoms with Crippen molar-refractivity contribution in [3.05, 3.63) is 58.7 Å². The van der Waals surface area contributed by atoms with Gasteiger partial charge >= 0.3 is 0 Å². The fraction of sp³-hybridized carbons (Fsp3) is 0.133. The van der Waals surface area contributed by atoms with E-state index in [0.717, 1.165) is 29.3 Å². The van der Waals surface area contributed by atoms with Crippen molar-refractivity contribution in [1.29, 1.82) is 0 Å². The fourth-order valence-electron chi connectivity index (χ4n) is 1.86. The predicted octanol–water partition coefficient (Wildman–Crippen LogP) is 3.42. The Morgan fingerprint density at radius 1 is 1.10 bits per heavy atom. The van der Waals surface area contributed by atoms with E-state index in [-0.39, 0.29) is 5.56 Å². The van der Waals surface area contributed by atoms with Crippen LogP contribution in [0.2, 0.25) is 0 Å². The van der Waals surface area contributed by atoms with Crippen molar-refractivity contribution in [2.75, 3.05) is 11.1 Å². The van der Waals surface area contributed by atoms with Crippen LogP contribution in [0.5, 0.6) is 0 Å². The van der Waals surface area contributed by atoms with E-state index >= 15 is 0 Å². The van der Waals surface area contributed by atoms with E-state index in [2.05, 4.69) is 5.32 Å². The number of carbonyl (C=O) groups excluding carboxylic acids is 1. The van der Waals surface area contributed by atoms with E-state index in [0.29, 0.717) is 11.4 Å². The molecule has 3 N–H and O–H groups in total. The van der Waals surface area contributed by atoms with Gasteiger partial charge in [-0.2, -0.15) is 0 Å². The van der Waals surface area contributed by atoms with Gasteiger partial charge in [0.05, 0.1) is 5.56 Å². The van der Waals surface area contributed by atoms with E-state index in [1.807, 2.05) is 13.0 Å². The van der Waals surface area contributed by atoms with Crippen LogP contribution in [0.1, 0.15) is 21.5 Å². The lowest BCUT2D eigenvalue weighted by Gasteiger charge is -2.11. The van der Waals surface area contributed by atoms with E-state index < -0.39 is 17.5 Å². The van der Waals surface area contributed by atoms with Crippen LogP contribution >= 0.6 is 0 Å². The lowest BCUT2D eigenvalue weighted by molar-refractivity contribution is 0.102. The van der Waals surface area contributed by atoms with Crippen molar-refractivity contribution in [3.8, 4) is 0 Å². The molecule has 0 fully saturated rings. The highest BCUT2D eigenvalue weighted by Gasteiger charge is 2.14. The molecule has 2 aromatic rings. The Balaban J connectivity index is 2.32. The summed E-state index contributed by atoms with van der Waals surface area (Å²) in [5.74, 6) is -2.16. The summed E-state index contributed by atoms with van der Waals surface area (Å²) in [4.78, 5) is 12.0. The molecule has 0 atom stereocenters. The number of aryl methyl sites for hydroxylation is 2. The van der Waals surface area contributed by atoms with Gasteiger partial charge in [-0.3, -0.25) is 4.79 Å². The highest BCUT2D eigenvalue weighted by atomic mass is 19.1. The molecular weight excluding hydrogens is 262 g/mol. The molecule has 104 valence electrons. The lowest BCUT2D eigenvalue weighted by Crippen LogP contribution is -2.15. The SMILES string of the molecule is Cc1cc(C)c(NC(=O)c2cc(F)ccc2F)cc1N. The summed E-state index contributed by atoms with van der Waals surface area (Å²) in [6.45, 7) is 3.64. The number of anilines is 2. The number of nitrogen functional groups attached to an aromatic ring is 1. The van der Waals surface area contributed by atoms with Gasteiger partial charge in [-0.1, -0.05) is 6.07 Å². The van der Waals surface area contributed by atoms with E-state index in [1.54, 1.807) is 13.0 Å². The summed E-state index contributed by atoms with van der Waals surface area (Å²) >= 11 is 0. The minimum absolute atomic E-state index is 0.344. The molecule has 2 aromatic carbocycles. The Bertz CT molecular complexity index is 684. The summed E-state index contributed by atoms with van der Waals surface area (Å²) in [6, 6.07) is 6.14. The van der Waals surface area contributed by atoms with Crippen molar-refractivity contribution in [2.24, 2.45) is 0 Å². The highest BCUT2D eigenvalue weighted by Crippen LogP contribution is 2.23. The van der Waals surface area contributed by atoms with Crippen molar-refractivity contribution in [2.45, 2.75) is 13.8 Å². The van der Waals surface area contributed by atoms with Crippen LogP contribution in [-0.2, 0) is 0 Å². The number of amides is 1. The van der Waals surface area contributed by atoms with Gasteiger partial charge in [0.1, 0.15) is 11.6 Å². The van der Waals surface area contributed by atoms with Crippen LogP contribution in [0.25, 0.3) is 0 Å². The first-order chi connectivity index (χ1) is 9.38.